The molecule has 140 valence electrons. The van der Waals surface area contributed by atoms with Crippen LogP contribution in [0.4, 0.5) is 0 Å². The van der Waals surface area contributed by atoms with Crippen LogP contribution in [0.1, 0.15) is 45.4 Å². The molecule has 1 aromatic carbocycles. The third-order valence-corrected chi connectivity index (χ3v) is 4.26. The van der Waals surface area contributed by atoms with Crippen LogP contribution in [0.25, 0.3) is 0 Å². The molecule has 0 atom stereocenters. The fraction of sp³-hybridized carbons (Fsp3) is 0.400. The van der Waals surface area contributed by atoms with E-state index in [0.717, 1.165) is 24.4 Å². The molecular formula is C20H25NO5. The Balaban J connectivity index is 2.15. The monoisotopic (exact) mass is 359 g/mol. The molecule has 6 nitrogen and oxygen atoms in total. The van der Waals surface area contributed by atoms with E-state index in [0.29, 0.717) is 22.6 Å². The molecule has 6 heteroatoms. The fourth-order valence-corrected chi connectivity index (χ4v) is 2.90. The first-order valence-corrected chi connectivity index (χ1v) is 8.52. The van der Waals surface area contributed by atoms with Crippen molar-refractivity contribution in [2.75, 3.05) is 20.8 Å². The molecule has 2 rings (SSSR count). The van der Waals surface area contributed by atoms with Crippen molar-refractivity contribution in [2.45, 2.75) is 33.7 Å². The highest BCUT2D eigenvalue weighted by Gasteiger charge is 2.17. The highest BCUT2D eigenvalue weighted by molar-refractivity contribution is 5.98. The van der Waals surface area contributed by atoms with Crippen LogP contribution in [0, 0.1) is 13.8 Å². The van der Waals surface area contributed by atoms with E-state index in [1.807, 2.05) is 19.9 Å². The zero-order valence-corrected chi connectivity index (χ0v) is 15.9. The lowest BCUT2D eigenvalue weighted by Crippen LogP contribution is -2.13. The Labute approximate surface area is 153 Å². The van der Waals surface area contributed by atoms with Crippen LogP contribution in [-0.2, 0) is 11.3 Å². The Morgan fingerprint density at radius 2 is 1.81 bits per heavy atom. The molecule has 2 aromatic rings. The number of Topliss-reactive ketones (excluding diaryl/α,β-unsaturated/α-hetero) is 1. The van der Waals surface area contributed by atoms with E-state index in [1.54, 1.807) is 12.1 Å². The SMILES string of the molecule is CCCn1c(C)cc(C(=O)COc2ccc(C(=O)OC)cc2OC)c1C. The molecular weight excluding hydrogens is 334 g/mol. The summed E-state index contributed by atoms with van der Waals surface area (Å²) in [4.78, 5) is 24.2. The highest BCUT2D eigenvalue weighted by Crippen LogP contribution is 2.28. The zero-order valence-electron chi connectivity index (χ0n) is 15.9. The van der Waals surface area contributed by atoms with Gasteiger partial charge in [-0.15, -0.1) is 0 Å². The smallest absolute Gasteiger partial charge is 0.337 e. The van der Waals surface area contributed by atoms with Crippen molar-refractivity contribution >= 4 is 11.8 Å². The molecule has 0 N–H and O–H groups in total. The minimum Gasteiger partial charge on any atom is -0.493 e. The normalized spacial score (nSPS) is 10.5. The van der Waals surface area contributed by atoms with Gasteiger partial charge in [-0.2, -0.15) is 0 Å². The number of ether oxygens (including phenoxy) is 3. The number of rotatable bonds is 8. The van der Waals surface area contributed by atoms with E-state index in [1.165, 1.54) is 20.3 Å². The molecule has 0 saturated heterocycles. The second-order valence-electron chi connectivity index (χ2n) is 6.01. The molecule has 0 aliphatic heterocycles. The maximum atomic E-state index is 12.6. The van der Waals surface area contributed by atoms with E-state index < -0.39 is 5.97 Å². The van der Waals surface area contributed by atoms with Gasteiger partial charge in [0.15, 0.2) is 18.1 Å². The Kier molecular flexibility index (Phi) is 6.44. The molecule has 0 spiro atoms. The van der Waals surface area contributed by atoms with Gasteiger partial charge in [-0.1, -0.05) is 6.92 Å². The van der Waals surface area contributed by atoms with Crippen LogP contribution in [-0.4, -0.2) is 37.1 Å². The number of nitrogens with zero attached hydrogens (tertiary/aromatic N) is 1. The Hall–Kier alpha value is -2.76. The first-order valence-electron chi connectivity index (χ1n) is 8.52. The summed E-state index contributed by atoms with van der Waals surface area (Å²) >= 11 is 0. The first kappa shape index (κ1) is 19.6. The maximum Gasteiger partial charge on any atom is 0.337 e. The second kappa shape index (κ2) is 8.56. The van der Waals surface area contributed by atoms with Crippen LogP contribution in [0.5, 0.6) is 11.5 Å². The quantitative estimate of drug-likeness (QED) is 0.532. The number of ketones is 1. The molecule has 0 saturated carbocycles. The molecule has 0 aliphatic carbocycles. The summed E-state index contributed by atoms with van der Waals surface area (Å²) in [5.41, 5.74) is 3.03. The average molecular weight is 359 g/mol. The van der Waals surface area contributed by atoms with E-state index in [-0.39, 0.29) is 12.4 Å². The number of aryl methyl sites for hydroxylation is 1. The first-order chi connectivity index (χ1) is 12.4. The number of esters is 1. The summed E-state index contributed by atoms with van der Waals surface area (Å²) in [7, 11) is 2.79. The number of methoxy groups -OCH3 is 2. The average Bonchev–Trinajstić information content (AvgIpc) is 2.93. The van der Waals surface area contributed by atoms with Crippen molar-refractivity contribution in [2.24, 2.45) is 0 Å². The Morgan fingerprint density at radius 1 is 1.08 bits per heavy atom. The predicted octanol–water partition coefficient (Wildman–Crippen LogP) is 3.57. The summed E-state index contributed by atoms with van der Waals surface area (Å²) in [6.45, 7) is 6.82. The molecule has 1 aromatic heterocycles. The van der Waals surface area contributed by atoms with Gasteiger partial charge in [0.1, 0.15) is 0 Å². The van der Waals surface area contributed by atoms with Crippen LogP contribution >= 0.6 is 0 Å². The van der Waals surface area contributed by atoms with Crippen molar-refractivity contribution in [3.05, 3.63) is 46.8 Å². The predicted molar refractivity (Wildman–Crippen MR) is 98.4 cm³/mol. The molecule has 1 heterocycles. The number of carbonyl (C=O) groups is 2. The third kappa shape index (κ3) is 4.07. The zero-order chi connectivity index (χ0) is 19.3. The van der Waals surface area contributed by atoms with Gasteiger partial charge >= 0.3 is 5.97 Å². The standard InChI is InChI=1S/C20H25NO5/c1-6-9-21-13(2)10-16(14(21)3)17(22)12-26-18-8-7-15(20(23)25-5)11-19(18)24-4/h7-8,10-11H,6,9,12H2,1-5H3. The molecule has 0 bridgehead atoms. The lowest BCUT2D eigenvalue weighted by molar-refractivity contribution is 0.0600. The topological polar surface area (TPSA) is 66.8 Å². The maximum absolute atomic E-state index is 12.6. The summed E-state index contributed by atoms with van der Waals surface area (Å²) in [5.74, 6) is 0.210. The third-order valence-electron chi connectivity index (χ3n) is 4.26. The number of hydrogen-bond donors (Lipinski definition) is 0. The van der Waals surface area contributed by atoms with Gasteiger partial charge in [0.05, 0.1) is 19.8 Å². The summed E-state index contributed by atoms with van der Waals surface area (Å²) in [5, 5.41) is 0. The van der Waals surface area contributed by atoms with E-state index >= 15 is 0 Å². The summed E-state index contributed by atoms with van der Waals surface area (Å²) < 4.78 is 17.7. The van der Waals surface area contributed by atoms with Gasteiger partial charge < -0.3 is 18.8 Å². The molecule has 0 fully saturated rings. The van der Waals surface area contributed by atoms with Gasteiger partial charge in [-0.25, -0.2) is 4.79 Å². The van der Waals surface area contributed by atoms with Gasteiger partial charge in [0.2, 0.25) is 5.78 Å². The Bertz CT molecular complexity index is 807. The number of aromatic nitrogens is 1. The lowest BCUT2D eigenvalue weighted by atomic mass is 10.1. The van der Waals surface area contributed by atoms with Crippen molar-refractivity contribution in [1.29, 1.82) is 0 Å². The molecule has 0 unspecified atom stereocenters. The van der Waals surface area contributed by atoms with Crippen molar-refractivity contribution in [3.63, 3.8) is 0 Å². The molecule has 0 radical (unpaired) electrons. The number of benzene rings is 1. The van der Waals surface area contributed by atoms with Gasteiger partial charge in [0.25, 0.3) is 0 Å². The minimum absolute atomic E-state index is 0.0976. The molecule has 26 heavy (non-hydrogen) atoms. The van der Waals surface area contributed by atoms with Crippen molar-refractivity contribution in [3.8, 4) is 11.5 Å². The largest absolute Gasteiger partial charge is 0.493 e. The number of carbonyl (C=O) groups excluding carboxylic acids is 2. The molecule has 0 amide bonds. The van der Waals surface area contributed by atoms with Gasteiger partial charge in [-0.05, 0) is 44.5 Å². The Morgan fingerprint density at radius 3 is 2.42 bits per heavy atom. The fourth-order valence-electron chi connectivity index (χ4n) is 2.90. The van der Waals surface area contributed by atoms with Crippen LogP contribution in [0.3, 0.4) is 0 Å². The molecule has 0 aliphatic rings. The summed E-state index contributed by atoms with van der Waals surface area (Å²) in [6.07, 6.45) is 1.00. The highest BCUT2D eigenvalue weighted by atomic mass is 16.5. The van der Waals surface area contributed by atoms with E-state index in [2.05, 4.69) is 16.2 Å². The summed E-state index contributed by atoms with van der Waals surface area (Å²) in [6, 6.07) is 6.59. The van der Waals surface area contributed by atoms with Crippen molar-refractivity contribution in [1.82, 2.24) is 4.57 Å². The van der Waals surface area contributed by atoms with E-state index in [4.69, 9.17) is 9.47 Å². The van der Waals surface area contributed by atoms with Crippen molar-refractivity contribution < 1.29 is 23.8 Å². The van der Waals surface area contributed by atoms with Gasteiger partial charge in [-0.3, -0.25) is 4.79 Å². The lowest BCUT2D eigenvalue weighted by Gasteiger charge is -2.11. The van der Waals surface area contributed by atoms with Gasteiger partial charge in [0, 0.05) is 23.5 Å². The van der Waals surface area contributed by atoms with Crippen LogP contribution in [0.2, 0.25) is 0 Å². The minimum atomic E-state index is -0.464. The van der Waals surface area contributed by atoms with Crippen LogP contribution < -0.4 is 9.47 Å². The second-order valence-corrected chi connectivity index (χ2v) is 6.01. The van der Waals surface area contributed by atoms with Crippen LogP contribution in [0.15, 0.2) is 24.3 Å². The number of hydrogen-bond acceptors (Lipinski definition) is 5. The van der Waals surface area contributed by atoms with E-state index in [9.17, 15) is 9.59 Å².